The summed E-state index contributed by atoms with van der Waals surface area (Å²) in [4.78, 5) is 26.2. The third-order valence-corrected chi connectivity index (χ3v) is 4.95. The van der Waals surface area contributed by atoms with Crippen LogP contribution in [-0.2, 0) is 11.3 Å². The number of benzene rings is 2. The lowest BCUT2D eigenvalue weighted by Gasteiger charge is -2.31. The molecule has 1 N–H and O–H groups in total. The highest BCUT2D eigenvalue weighted by Gasteiger charge is 2.28. The highest BCUT2D eigenvalue weighted by atomic mass is 35.5. The van der Waals surface area contributed by atoms with Gasteiger partial charge < -0.3 is 10.2 Å². The van der Waals surface area contributed by atoms with E-state index in [-0.39, 0.29) is 17.4 Å². The summed E-state index contributed by atoms with van der Waals surface area (Å²) in [7, 11) is 0. The number of carbonyl (C=O) groups excluding carboxylic acids is 2. The van der Waals surface area contributed by atoms with Gasteiger partial charge in [0.05, 0.1) is 5.56 Å². The minimum atomic E-state index is -0.872. The second kappa shape index (κ2) is 8.48. The molecular formula is C20H19ClF2N2O2. The zero-order chi connectivity index (χ0) is 19.4. The minimum Gasteiger partial charge on any atom is -0.352 e. The van der Waals surface area contributed by atoms with E-state index in [4.69, 9.17) is 11.6 Å². The molecule has 0 spiro atoms. The first-order chi connectivity index (χ1) is 12.9. The van der Waals surface area contributed by atoms with E-state index >= 15 is 0 Å². The Kier molecular flexibility index (Phi) is 6.06. The van der Waals surface area contributed by atoms with Gasteiger partial charge in [-0.25, -0.2) is 8.78 Å². The Bertz CT molecular complexity index is 834. The quantitative estimate of drug-likeness (QED) is 0.860. The predicted octanol–water partition coefficient (Wildman–Crippen LogP) is 3.79. The predicted molar refractivity (Wildman–Crippen MR) is 98.3 cm³/mol. The minimum absolute atomic E-state index is 0.0648. The Labute approximate surface area is 161 Å². The zero-order valence-corrected chi connectivity index (χ0v) is 15.3. The van der Waals surface area contributed by atoms with E-state index in [1.807, 2.05) is 12.1 Å². The lowest BCUT2D eigenvalue weighted by Crippen LogP contribution is -2.43. The van der Waals surface area contributed by atoms with Crippen LogP contribution in [0.3, 0.4) is 0 Å². The van der Waals surface area contributed by atoms with Crippen molar-refractivity contribution in [2.24, 2.45) is 5.92 Å². The molecule has 1 heterocycles. The number of piperidine rings is 1. The van der Waals surface area contributed by atoms with Crippen LogP contribution < -0.4 is 5.32 Å². The summed E-state index contributed by atoms with van der Waals surface area (Å²) in [5.41, 5.74) is 0.800. The molecule has 3 rings (SSSR count). The van der Waals surface area contributed by atoms with Gasteiger partial charge in [-0.1, -0.05) is 23.7 Å². The largest absolute Gasteiger partial charge is 0.352 e. The number of nitrogens with zero attached hydrogens (tertiary/aromatic N) is 1. The van der Waals surface area contributed by atoms with Crippen molar-refractivity contribution in [3.8, 4) is 0 Å². The van der Waals surface area contributed by atoms with Crippen LogP contribution in [0.25, 0.3) is 0 Å². The third kappa shape index (κ3) is 4.83. The average Bonchev–Trinajstić information content (AvgIpc) is 2.67. The molecule has 1 saturated heterocycles. The number of hydrogen-bond donors (Lipinski definition) is 1. The number of amides is 2. The van der Waals surface area contributed by atoms with Gasteiger partial charge in [-0.2, -0.15) is 0 Å². The Hall–Kier alpha value is -2.47. The first-order valence-corrected chi connectivity index (χ1v) is 9.08. The molecule has 2 amide bonds. The van der Waals surface area contributed by atoms with Gasteiger partial charge in [0, 0.05) is 36.6 Å². The number of nitrogens with one attached hydrogen (secondary N) is 1. The summed E-state index contributed by atoms with van der Waals surface area (Å²) in [6, 6.07) is 10.1. The van der Waals surface area contributed by atoms with E-state index in [1.165, 1.54) is 4.90 Å². The van der Waals surface area contributed by atoms with E-state index in [2.05, 4.69) is 5.32 Å². The average molecular weight is 393 g/mol. The van der Waals surface area contributed by atoms with Crippen LogP contribution in [0.15, 0.2) is 42.5 Å². The SMILES string of the molecule is O=C(NCc1ccc(Cl)cc1)C1CCN(C(=O)c2ccc(F)cc2F)CC1. The van der Waals surface area contributed by atoms with E-state index in [0.29, 0.717) is 43.6 Å². The van der Waals surface area contributed by atoms with Gasteiger partial charge >= 0.3 is 0 Å². The first kappa shape index (κ1) is 19.3. The molecule has 7 heteroatoms. The maximum Gasteiger partial charge on any atom is 0.256 e. The van der Waals surface area contributed by atoms with Gasteiger partial charge in [-0.3, -0.25) is 9.59 Å². The monoisotopic (exact) mass is 392 g/mol. The van der Waals surface area contributed by atoms with Crippen LogP contribution >= 0.6 is 11.6 Å². The normalized spacial score (nSPS) is 14.9. The maximum atomic E-state index is 13.8. The Morgan fingerprint density at radius 2 is 1.74 bits per heavy atom. The fourth-order valence-electron chi connectivity index (χ4n) is 3.11. The highest BCUT2D eigenvalue weighted by Crippen LogP contribution is 2.21. The van der Waals surface area contributed by atoms with Gasteiger partial charge in [0.2, 0.25) is 5.91 Å². The fraction of sp³-hybridized carbons (Fsp3) is 0.300. The Morgan fingerprint density at radius 3 is 2.37 bits per heavy atom. The van der Waals surface area contributed by atoms with Crippen LogP contribution in [0, 0.1) is 17.6 Å². The van der Waals surface area contributed by atoms with Crippen LogP contribution in [0.5, 0.6) is 0 Å². The molecule has 1 aliphatic heterocycles. The smallest absolute Gasteiger partial charge is 0.256 e. The van der Waals surface area contributed by atoms with Crippen molar-refractivity contribution in [1.82, 2.24) is 10.2 Å². The topological polar surface area (TPSA) is 49.4 Å². The summed E-state index contributed by atoms with van der Waals surface area (Å²) in [5, 5.41) is 3.53. The van der Waals surface area contributed by atoms with Crippen LogP contribution in [-0.4, -0.2) is 29.8 Å². The summed E-state index contributed by atoms with van der Waals surface area (Å²) >= 11 is 5.84. The number of rotatable bonds is 4. The molecule has 0 unspecified atom stereocenters. The molecule has 4 nitrogen and oxygen atoms in total. The van der Waals surface area contributed by atoms with Crippen LogP contribution in [0.1, 0.15) is 28.8 Å². The van der Waals surface area contributed by atoms with Gasteiger partial charge in [0.15, 0.2) is 0 Å². The molecule has 0 saturated carbocycles. The Morgan fingerprint density at radius 1 is 1.07 bits per heavy atom. The maximum absolute atomic E-state index is 13.8. The lowest BCUT2D eigenvalue weighted by molar-refractivity contribution is -0.126. The number of halogens is 3. The molecule has 0 aromatic heterocycles. The molecule has 0 radical (unpaired) electrons. The summed E-state index contributed by atoms with van der Waals surface area (Å²) < 4.78 is 26.8. The fourth-order valence-corrected chi connectivity index (χ4v) is 3.24. The van der Waals surface area contributed by atoms with E-state index in [1.54, 1.807) is 12.1 Å². The second-order valence-corrected chi connectivity index (χ2v) is 6.97. The van der Waals surface area contributed by atoms with Crippen molar-refractivity contribution in [3.63, 3.8) is 0 Å². The molecule has 0 aliphatic carbocycles. The van der Waals surface area contributed by atoms with Gasteiger partial charge in [-0.05, 0) is 42.7 Å². The molecule has 27 heavy (non-hydrogen) atoms. The standard InChI is InChI=1S/C20H19ClF2N2O2/c21-15-3-1-13(2-4-15)12-24-19(26)14-7-9-25(10-8-14)20(27)17-6-5-16(22)11-18(17)23/h1-6,11,14H,7-10,12H2,(H,24,26). The molecule has 0 bridgehead atoms. The van der Waals surface area contributed by atoms with E-state index in [0.717, 1.165) is 17.7 Å². The molecule has 0 atom stereocenters. The van der Waals surface area contributed by atoms with Gasteiger partial charge in [0.1, 0.15) is 11.6 Å². The third-order valence-electron chi connectivity index (χ3n) is 4.69. The van der Waals surface area contributed by atoms with Crippen LogP contribution in [0.2, 0.25) is 5.02 Å². The molecule has 2 aromatic carbocycles. The van der Waals surface area contributed by atoms with Gasteiger partial charge in [-0.15, -0.1) is 0 Å². The zero-order valence-electron chi connectivity index (χ0n) is 14.6. The Balaban J connectivity index is 1.51. The number of likely N-dealkylation sites (tertiary alicyclic amines) is 1. The number of carbonyl (C=O) groups is 2. The van der Waals surface area contributed by atoms with Crippen molar-refractivity contribution in [2.75, 3.05) is 13.1 Å². The summed E-state index contributed by atoms with van der Waals surface area (Å²) in [6.07, 6.45) is 1.00. The van der Waals surface area contributed by atoms with Crippen molar-refractivity contribution < 1.29 is 18.4 Å². The molecule has 142 valence electrons. The second-order valence-electron chi connectivity index (χ2n) is 6.53. The van der Waals surface area contributed by atoms with Gasteiger partial charge in [0.25, 0.3) is 5.91 Å². The van der Waals surface area contributed by atoms with Crippen molar-refractivity contribution in [3.05, 3.63) is 70.2 Å². The molecule has 2 aromatic rings. The van der Waals surface area contributed by atoms with Crippen molar-refractivity contribution in [2.45, 2.75) is 19.4 Å². The van der Waals surface area contributed by atoms with Crippen molar-refractivity contribution >= 4 is 23.4 Å². The molecule has 1 aliphatic rings. The van der Waals surface area contributed by atoms with Crippen LogP contribution in [0.4, 0.5) is 8.78 Å². The lowest BCUT2D eigenvalue weighted by atomic mass is 9.95. The van der Waals surface area contributed by atoms with E-state index in [9.17, 15) is 18.4 Å². The number of hydrogen-bond acceptors (Lipinski definition) is 2. The first-order valence-electron chi connectivity index (χ1n) is 8.70. The van der Waals surface area contributed by atoms with E-state index < -0.39 is 17.5 Å². The highest BCUT2D eigenvalue weighted by molar-refractivity contribution is 6.30. The summed E-state index contributed by atoms with van der Waals surface area (Å²) in [5.74, 6) is -2.33. The molecule has 1 fully saturated rings. The van der Waals surface area contributed by atoms with Crippen molar-refractivity contribution in [1.29, 1.82) is 0 Å². The summed E-state index contributed by atoms with van der Waals surface area (Å²) in [6.45, 7) is 1.12. The molecular weight excluding hydrogens is 374 g/mol.